The zero-order valence-corrected chi connectivity index (χ0v) is 26.0. The first-order valence-corrected chi connectivity index (χ1v) is 17.7. The van der Waals surface area contributed by atoms with Gasteiger partial charge in [0.05, 0.1) is 5.92 Å². The van der Waals surface area contributed by atoms with Crippen LogP contribution in [0.5, 0.6) is 0 Å². The minimum atomic E-state index is -1.96. The monoisotopic (exact) mass is 510 g/mol. The lowest BCUT2D eigenvalue weighted by atomic mass is 9.86. The van der Waals surface area contributed by atoms with Crippen LogP contribution in [0.2, 0.25) is 16.6 Å². The van der Waals surface area contributed by atoms with E-state index in [9.17, 15) is 4.79 Å². The average Bonchev–Trinajstić information content (AvgIpc) is 2.79. The summed E-state index contributed by atoms with van der Waals surface area (Å²) < 4.78 is 13.0. The standard InChI is InChI=1S/C31H62O3Si/c1-9-11-13-15-16-17-18-19-20-22-28(34-35(25(3)4,26(5)6)27(7)8)24-30-29(31(32)33-30)23-21-14-12-10-2/h25-30H,9-24H2,1-8H3/t28?,29-,30?/m0/s1. The number of hydrogen-bond acceptors (Lipinski definition) is 3. The third kappa shape index (κ3) is 10.9. The highest BCUT2D eigenvalue weighted by atomic mass is 28.4. The maximum atomic E-state index is 12.3. The molecule has 0 radical (unpaired) electrons. The first-order valence-electron chi connectivity index (χ1n) is 15.6. The Balaban J connectivity index is 2.72. The molecule has 0 spiro atoms. The molecule has 0 bridgehead atoms. The molecule has 0 aromatic carbocycles. The van der Waals surface area contributed by atoms with Gasteiger partial charge in [-0.3, -0.25) is 4.79 Å². The molecular weight excluding hydrogens is 448 g/mol. The van der Waals surface area contributed by atoms with Crippen LogP contribution in [0.15, 0.2) is 0 Å². The van der Waals surface area contributed by atoms with Gasteiger partial charge in [0.25, 0.3) is 0 Å². The van der Waals surface area contributed by atoms with Crippen molar-refractivity contribution in [3.05, 3.63) is 0 Å². The molecule has 35 heavy (non-hydrogen) atoms. The third-order valence-corrected chi connectivity index (χ3v) is 14.7. The Morgan fingerprint density at radius 1 is 0.714 bits per heavy atom. The second kappa shape index (κ2) is 18.0. The molecule has 1 aliphatic heterocycles. The molecule has 1 fully saturated rings. The van der Waals surface area contributed by atoms with E-state index in [4.69, 9.17) is 9.16 Å². The number of unbranched alkanes of at least 4 members (excludes halogenated alkanes) is 11. The Morgan fingerprint density at radius 2 is 1.17 bits per heavy atom. The first kappa shape index (κ1) is 32.7. The Morgan fingerprint density at radius 3 is 1.63 bits per heavy atom. The van der Waals surface area contributed by atoms with E-state index >= 15 is 0 Å². The predicted octanol–water partition coefficient (Wildman–Crippen LogP) is 10.4. The second-order valence-corrected chi connectivity index (χ2v) is 17.7. The van der Waals surface area contributed by atoms with E-state index in [-0.39, 0.29) is 24.1 Å². The maximum Gasteiger partial charge on any atom is 0.313 e. The fourth-order valence-electron chi connectivity index (χ4n) is 6.57. The molecule has 0 aromatic heterocycles. The van der Waals surface area contributed by atoms with Crippen molar-refractivity contribution in [3.63, 3.8) is 0 Å². The average molecular weight is 511 g/mol. The number of carbonyl (C=O) groups is 1. The Hall–Kier alpha value is -0.353. The van der Waals surface area contributed by atoms with Crippen molar-refractivity contribution in [2.45, 2.75) is 187 Å². The lowest BCUT2D eigenvalue weighted by Gasteiger charge is -2.46. The van der Waals surface area contributed by atoms with Gasteiger partial charge < -0.3 is 9.16 Å². The molecule has 0 aromatic rings. The molecule has 0 saturated carbocycles. The third-order valence-electron chi connectivity index (χ3n) is 8.59. The van der Waals surface area contributed by atoms with Crippen molar-refractivity contribution in [1.82, 2.24) is 0 Å². The summed E-state index contributed by atoms with van der Waals surface area (Å²) in [5.41, 5.74) is 1.76. The summed E-state index contributed by atoms with van der Waals surface area (Å²) in [6.45, 7) is 18.8. The van der Waals surface area contributed by atoms with Gasteiger partial charge in [-0.05, 0) is 29.5 Å². The molecule has 208 valence electrons. The highest BCUT2D eigenvalue weighted by Crippen LogP contribution is 2.44. The number of rotatable bonds is 22. The van der Waals surface area contributed by atoms with Crippen LogP contribution in [0, 0.1) is 5.92 Å². The molecule has 4 heteroatoms. The van der Waals surface area contributed by atoms with E-state index in [1.54, 1.807) is 0 Å². The quantitative estimate of drug-likeness (QED) is 0.0825. The molecular formula is C31H62O3Si. The van der Waals surface area contributed by atoms with Crippen LogP contribution in [-0.4, -0.2) is 26.5 Å². The van der Waals surface area contributed by atoms with Crippen LogP contribution >= 0.6 is 0 Å². The lowest BCUT2D eigenvalue weighted by molar-refractivity contribution is -0.188. The summed E-state index contributed by atoms with van der Waals surface area (Å²) in [6, 6.07) is 0. The van der Waals surface area contributed by atoms with Gasteiger partial charge in [-0.1, -0.05) is 139 Å². The Labute approximate surface area is 221 Å². The summed E-state index contributed by atoms with van der Waals surface area (Å²) in [5, 5.41) is 0. The molecule has 1 aliphatic rings. The Kier molecular flexibility index (Phi) is 16.8. The normalized spacial score (nSPS) is 19.5. The first-order chi connectivity index (χ1) is 16.7. The van der Waals surface area contributed by atoms with E-state index < -0.39 is 8.32 Å². The van der Waals surface area contributed by atoms with Crippen molar-refractivity contribution in [2.75, 3.05) is 0 Å². The number of hydrogen-bond donors (Lipinski definition) is 0. The van der Waals surface area contributed by atoms with Crippen LogP contribution in [0.4, 0.5) is 0 Å². The summed E-state index contributed by atoms with van der Waals surface area (Å²) >= 11 is 0. The largest absolute Gasteiger partial charge is 0.461 e. The second-order valence-electron chi connectivity index (χ2n) is 12.3. The number of ether oxygens (including phenoxy) is 1. The minimum absolute atomic E-state index is 0.0356. The van der Waals surface area contributed by atoms with E-state index in [0.717, 1.165) is 25.7 Å². The molecule has 0 amide bonds. The molecule has 3 nitrogen and oxygen atoms in total. The van der Waals surface area contributed by atoms with Crippen LogP contribution in [0.1, 0.15) is 158 Å². The topological polar surface area (TPSA) is 35.5 Å². The van der Waals surface area contributed by atoms with E-state index in [2.05, 4.69) is 55.4 Å². The smallest absolute Gasteiger partial charge is 0.313 e. The van der Waals surface area contributed by atoms with Crippen molar-refractivity contribution in [3.8, 4) is 0 Å². The number of carbonyl (C=O) groups excluding carboxylic acids is 1. The van der Waals surface area contributed by atoms with Gasteiger partial charge >= 0.3 is 5.97 Å². The number of esters is 1. The Bertz CT molecular complexity index is 524. The van der Waals surface area contributed by atoms with Gasteiger partial charge in [0.15, 0.2) is 0 Å². The fraction of sp³-hybridized carbons (Fsp3) is 0.968. The van der Waals surface area contributed by atoms with E-state index in [1.165, 1.54) is 77.0 Å². The predicted molar refractivity (Wildman–Crippen MR) is 155 cm³/mol. The fourth-order valence-corrected chi connectivity index (χ4v) is 12.2. The van der Waals surface area contributed by atoms with Crippen LogP contribution in [-0.2, 0) is 14.0 Å². The van der Waals surface area contributed by atoms with E-state index in [1.807, 2.05) is 0 Å². The van der Waals surface area contributed by atoms with E-state index in [0.29, 0.717) is 16.6 Å². The van der Waals surface area contributed by atoms with Crippen LogP contribution in [0.25, 0.3) is 0 Å². The molecule has 1 saturated heterocycles. The summed E-state index contributed by atoms with van der Waals surface area (Å²) in [7, 11) is -1.96. The molecule has 0 aliphatic carbocycles. The minimum Gasteiger partial charge on any atom is -0.461 e. The van der Waals surface area contributed by atoms with Crippen LogP contribution < -0.4 is 0 Å². The lowest BCUT2D eigenvalue weighted by Crippen LogP contribution is -2.52. The highest BCUT2D eigenvalue weighted by Gasteiger charge is 2.48. The van der Waals surface area contributed by atoms with Crippen molar-refractivity contribution >= 4 is 14.3 Å². The summed E-state index contributed by atoms with van der Waals surface area (Å²) in [5.74, 6) is 0.141. The molecule has 3 atom stereocenters. The number of cyclic esters (lactones) is 1. The van der Waals surface area contributed by atoms with Gasteiger partial charge in [-0.2, -0.15) is 0 Å². The van der Waals surface area contributed by atoms with Crippen molar-refractivity contribution in [2.24, 2.45) is 5.92 Å². The van der Waals surface area contributed by atoms with Gasteiger partial charge in [-0.25, -0.2) is 0 Å². The van der Waals surface area contributed by atoms with Gasteiger partial charge in [0, 0.05) is 12.5 Å². The SMILES string of the molecule is CCCCCCCCCCCC(CC1OC(=O)[C@H]1CCCCCC)O[Si](C(C)C)(C(C)C)C(C)C. The van der Waals surface area contributed by atoms with Crippen LogP contribution in [0.3, 0.4) is 0 Å². The summed E-state index contributed by atoms with van der Waals surface area (Å²) in [4.78, 5) is 12.3. The zero-order chi connectivity index (χ0) is 26.3. The molecule has 1 rings (SSSR count). The van der Waals surface area contributed by atoms with Crippen molar-refractivity contribution in [1.29, 1.82) is 0 Å². The maximum absolute atomic E-state index is 12.3. The molecule has 1 heterocycles. The molecule has 2 unspecified atom stereocenters. The highest BCUT2D eigenvalue weighted by molar-refractivity contribution is 6.77. The zero-order valence-electron chi connectivity index (χ0n) is 25.0. The van der Waals surface area contributed by atoms with Gasteiger partial charge in [0.1, 0.15) is 6.10 Å². The van der Waals surface area contributed by atoms with Gasteiger partial charge in [0.2, 0.25) is 8.32 Å². The molecule has 0 N–H and O–H groups in total. The van der Waals surface area contributed by atoms with Gasteiger partial charge in [-0.15, -0.1) is 0 Å². The summed E-state index contributed by atoms with van der Waals surface area (Å²) in [6.07, 6.45) is 20.4. The van der Waals surface area contributed by atoms with Crippen molar-refractivity contribution < 1.29 is 14.0 Å².